The van der Waals surface area contributed by atoms with E-state index in [1.54, 1.807) is 43.5 Å². The molecule has 1 radical (unpaired) electrons. The van der Waals surface area contributed by atoms with Crippen LogP contribution in [0.15, 0.2) is 52.9 Å². The van der Waals surface area contributed by atoms with E-state index in [0.29, 0.717) is 16.3 Å². The zero-order chi connectivity index (χ0) is 33.1. The minimum Gasteiger partial charge on any atom is -0.435 e. The topological polar surface area (TPSA) is 137 Å². The zero-order valence-corrected chi connectivity index (χ0v) is 26.9. The fraction of sp³-hybridized carbons (Fsp3) is 0.424. The molecule has 3 unspecified atom stereocenters. The molecule has 10 nitrogen and oxygen atoms in total. The number of rotatable bonds is 10. The van der Waals surface area contributed by atoms with Gasteiger partial charge in [-0.05, 0) is 64.1 Å². The number of aliphatic imine (C=N–C) groups is 1. The van der Waals surface area contributed by atoms with Gasteiger partial charge in [-0.3, -0.25) is 0 Å². The average Bonchev–Trinajstić information content (AvgIpc) is 3.72. The van der Waals surface area contributed by atoms with Crippen molar-refractivity contribution in [2.75, 3.05) is 13.6 Å². The van der Waals surface area contributed by atoms with Crippen LogP contribution in [0.3, 0.4) is 0 Å². The molecule has 1 aliphatic heterocycles. The van der Waals surface area contributed by atoms with Gasteiger partial charge in [0.05, 0.1) is 27.9 Å². The molecule has 3 aromatic rings. The molecular formula is C33H37F2N7O3S+. The molecule has 5 atom stereocenters. The monoisotopic (exact) mass is 649 g/mol. The standard InChI is InChI=1S/C33H37F2N7O3S/c1-20(30-39-27(17-46-30)23-10-8-22(16-36)9-11-23)33(44,25-15-24(34)12-13-26(25)35)18-42-19-38-29(41-42)21(2)45-31(43)40-32(3)14-6-5-7-28(32)37-4/h8-13,15,17,19-21,28,37,44H,5-7,14,18H2,1-4H3,(H,40,43)/q+1/t20-,21?,28?,32?,33+/m0/s1. The van der Waals surface area contributed by atoms with Gasteiger partial charge in [-0.2, -0.15) is 5.26 Å². The predicted molar refractivity (Wildman–Crippen MR) is 172 cm³/mol. The highest BCUT2D eigenvalue weighted by molar-refractivity contribution is 7.10. The maximum absolute atomic E-state index is 15.3. The largest absolute Gasteiger partial charge is 0.435 e. The van der Waals surface area contributed by atoms with Gasteiger partial charge in [0.25, 0.3) is 6.34 Å². The van der Waals surface area contributed by atoms with E-state index < -0.39 is 40.9 Å². The van der Waals surface area contributed by atoms with Crippen molar-refractivity contribution in [2.45, 2.75) is 75.7 Å². The Morgan fingerprint density at radius 3 is 2.76 bits per heavy atom. The summed E-state index contributed by atoms with van der Waals surface area (Å²) in [7, 11) is 1.88. The van der Waals surface area contributed by atoms with Gasteiger partial charge in [0, 0.05) is 33.6 Å². The first kappa shape index (κ1) is 33.1. The molecule has 1 amide bonds. The van der Waals surface area contributed by atoms with Crippen LogP contribution in [0.4, 0.5) is 13.6 Å². The molecule has 0 spiro atoms. The lowest BCUT2D eigenvalue weighted by atomic mass is 9.79. The van der Waals surface area contributed by atoms with Crippen molar-refractivity contribution in [1.82, 2.24) is 25.6 Å². The molecule has 13 heteroatoms. The normalized spacial score (nSPS) is 22.0. The number of aliphatic hydroxyl groups is 1. The summed E-state index contributed by atoms with van der Waals surface area (Å²) in [5, 5.41) is 35.6. The maximum Gasteiger partial charge on any atom is 0.408 e. The van der Waals surface area contributed by atoms with Crippen LogP contribution in [0.5, 0.6) is 0 Å². The number of nitriles is 1. The van der Waals surface area contributed by atoms with Crippen LogP contribution in [-0.4, -0.2) is 64.6 Å². The van der Waals surface area contributed by atoms with Gasteiger partial charge in [-0.1, -0.05) is 36.9 Å². The summed E-state index contributed by atoms with van der Waals surface area (Å²) in [5.41, 5.74) is -0.821. The number of thiazole rings is 1. The number of halogens is 2. The number of carbonyl (C=O) groups excluding carboxylic acids is 1. The summed E-state index contributed by atoms with van der Waals surface area (Å²) >= 11 is 1.27. The minimum atomic E-state index is -2.00. The van der Waals surface area contributed by atoms with Crippen molar-refractivity contribution in [2.24, 2.45) is 5.10 Å². The maximum atomic E-state index is 15.3. The number of ether oxygens (including phenoxy) is 1. The molecule has 1 saturated carbocycles. The van der Waals surface area contributed by atoms with Crippen LogP contribution in [0.1, 0.15) is 68.5 Å². The van der Waals surface area contributed by atoms with E-state index in [4.69, 9.17) is 15.0 Å². The van der Waals surface area contributed by atoms with E-state index in [2.05, 4.69) is 26.8 Å². The van der Waals surface area contributed by atoms with Crippen molar-refractivity contribution < 1.29 is 23.4 Å². The summed E-state index contributed by atoms with van der Waals surface area (Å²) in [6.45, 7) is 5.02. The SMILES string of the molecule is CNC1CCCCC1(C)NC(=O)OC(C)C1=NN(C[C@](O)(c2cc(F)ccc2F)[C@@H](C)c2nc(-c3ccc(C#N)cc3)cs2)C=[N+]1. The predicted octanol–water partition coefficient (Wildman–Crippen LogP) is 4.98. The second kappa shape index (κ2) is 13.6. The van der Waals surface area contributed by atoms with Crippen LogP contribution < -0.4 is 15.6 Å². The van der Waals surface area contributed by atoms with Crippen molar-refractivity contribution in [1.29, 1.82) is 5.26 Å². The number of benzene rings is 2. The molecule has 5 rings (SSSR count). The van der Waals surface area contributed by atoms with E-state index in [1.165, 1.54) is 22.7 Å². The Labute approximate surface area is 270 Å². The van der Waals surface area contributed by atoms with Crippen molar-refractivity contribution in [3.63, 3.8) is 0 Å². The number of hydrogen-bond acceptors (Lipinski definition) is 10. The summed E-state index contributed by atoms with van der Waals surface area (Å²) < 4.78 is 35.3. The zero-order valence-electron chi connectivity index (χ0n) is 26.1. The highest BCUT2D eigenvalue weighted by atomic mass is 32.1. The molecule has 241 valence electrons. The van der Waals surface area contributed by atoms with Crippen LogP contribution >= 0.6 is 11.3 Å². The Morgan fingerprint density at radius 1 is 1.28 bits per heavy atom. The molecule has 1 aliphatic carbocycles. The summed E-state index contributed by atoms with van der Waals surface area (Å²) in [4.78, 5) is 21.9. The van der Waals surface area contributed by atoms with Crippen LogP contribution in [0, 0.1) is 23.0 Å². The van der Waals surface area contributed by atoms with Crippen molar-refractivity contribution >= 4 is 29.6 Å². The number of amidine groups is 1. The quantitative estimate of drug-likeness (QED) is 0.282. The lowest BCUT2D eigenvalue weighted by molar-refractivity contribution is -0.00829. The first-order valence-electron chi connectivity index (χ1n) is 15.1. The Balaban J connectivity index is 1.35. The number of β-amino-alcohol motifs (C(OH)–C–C–N with tert-alkyl or cyclic N) is 1. The van der Waals surface area contributed by atoms with E-state index >= 15 is 4.39 Å². The van der Waals surface area contributed by atoms with Crippen LogP contribution in [0.25, 0.3) is 11.3 Å². The summed E-state index contributed by atoms with van der Waals surface area (Å²) in [6, 6.07) is 12.0. The molecule has 0 bridgehead atoms. The molecule has 1 fully saturated rings. The molecule has 1 aromatic heterocycles. The third kappa shape index (κ3) is 6.94. The number of hydrogen-bond donors (Lipinski definition) is 3. The Bertz CT molecular complexity index is 1670. The average molecular weight is 650 g/mol. The van der Waals surface area contributed by atoms with Gasteiger partial charge in [-0.15, -0.1) is 16.3 Å². The van der Waals surface area contributed by atoms with Gasteiger partial charge < -0.3 is 20.5 Å². The first-order valence-corrected chi connectivity index (χ1v) is 16.0. The lowest BCUT2D eigenvalue weighted by Crippen LogP contribution is -2.60. The van der Waals surface area contributed by atoms with E-state index in [9.17, 15) is 14.3 Å². The Morgan fingerprint density at radius 2 is 2.04 bits per heavy atom. The van der Waals surface area contributed by atoms with E-state index in [-0.39, 0.29) is 24.0 Å². The number of nitrogens with one attached hydrogen (secondary N) is 2. The number of alkyl carbamates (subject to hydrolysis) is 1. The Hall–Kier alpha value is -4.25. The van der Waals surface area contributed by atoms with Crippen LogP contribution in [-0.2, 0) is 10.3 Å². The smallest absolute Gasteiger partial charge is 0.408 e. The van der Waals surface area contributed by atoms with Gasteiger partial charge in [-0.25, -0.2) is 18.6 Å². The fourth-order valence-corrected chi connectivity index (χ4v) is 7.04. The number of carbonyl (C=O) groups is 1. The second-order valence-electron chi connectivity index (χ2n) is 12.0. The minimum absolute atomic E-state index is 0.113. The third-order valence-electron chi connectivity index (χ3n) is 8.86. The molecule has 0 saturated heterocycles. The van der Waals surface area contributed by atoms with Crippen molar-refractivity contribution in [3.8, 4) is 17.3 Å². The fourth-order valence-electron chi connectivity index (χ4n) is 6.06. The van der Waals surface area contributed by atoms with Crippen LogP contribution in [0.2, 0.25) is 0 Å². The molecule has 46 heavy (non-hydrogen) atoms. The van der Waals surface area contributed by atoms with Gasteiger partial charge in [0.2, 0.25) is 0 Å². The van der Waals surface area contributed by atoms with Gasteiger partial charge >= 0.3 is 11.9 Å². The highest BCUT2D eigenvalue weighted by Crippen LogP contribution is 2.41. The number of hydrazone groups is 1. The molecule has 2 heterocycles. The number of nitrogens with zero attached hydrogens (tertiary/aromatic N) is 5. The third-order valence-corrected chi connectivity index (χ3v) is 9.89. The highest BCUT2D eigenvalue weighted by Gasteiger charge is 2.46. The number of aromatic nitrogens is 1. The molecule has 3 N–H and O–H groups in total. The van der Waals surface area contributed by atoms with Gasteiger partial charge in [0.1, 0.15) is 23.8 Å². The summed E-state index contributed by atoms with van der Waals surface area (Å²) in [6.07, 6.45) is 3.78. The molecular weight excluding hydrogens is 612 g/mol. The molecule has 2 aliphatic rings. The summed E-state index contributed by atoms with van der Waals surface area (Å²) in [5.74, 6) is -2.13. The second-order valence-corrected chi connectivity index (χ2v) is 12.9. The van der Waals surface area contributed by atoms with E-state index in [1.807, 2.05) is 14.0 Å². The van der Waals surface area contributed by atoms with Crippen molar-refractivity contribution in [3.05, 3.63) is 75.6 Å². The van der Waals surface area contributed by atoms with Gasteiger partial charge in [0.15, 0.2) is 6.10 Å². The van der Waals surface area contributed by atoms with E-state index in [0.717, 1.165) is 49.4 Å². The number of likely N-dealkylation sites (N-methyl/N-ethyl adjacent to an activating group) is 1. The lowest BCUT2D eigenvalue weighted by Gasteiger charge is -2.41. The molecule has 2 aromatic carbocycles. The Kier molecular flexibility index (Phi) is 9.81. The first-order chi connectivity index (χ1) is 22.0. The number of amides is 1.